The van der Waals surface area contributed by atoms with Gasteiger partial charge in [-0.05, 0) is 37.0 Å². The molecule has 2 rings (SSSR count). The fourth-order valence-corrected chi connectivity index (χ4v) is 2.16. The molecule has 100 valence electrons. The van der Waals surface area contributed by atoms with Gasteiger partial charge in [0, 0.05) is 12.2 Å². The predicted octanol–water partition coefficient (Wildman–Crippen LogP) is 2.69. The maximum Gasteiger partial charge on any atom is 0.356 e. The Bertz CT molecular complexity index is 588. The summed E-state index contributed by atoms with van der Waals surface area (Å²) in [7, 11) is 0. The minimum Gasteiger partial charge on any atom is -0.476 e. The zero-order chi connectivity index (χ0) is 13.8. The zero-order valence-corrected chi connectivity index (χ0v) is 11.3. The maximum absolute atomic E-state index is 10.9. The van der Waals surface area contributed by atoms with Crippen molar-refractivity contribution in [1.29, 1.82) is 0 Å². The predicted molar refractivity (Wildman–Crippen MR) is 73.4 cm³/mol. The van der Waals surface area contributed by atoms with Crippen molar-refractivity contribution in [2.75, 3.05) is 0 Å². The molecule has 0 fully saturated rings. The summed E-state index contributed by atoms with van der Waals surface area (Å²) in [5, 5.41) is 13.1. The van der Waals surface area contributed by atoms with Crippen molar-refractivity contribution in [3.05, 3.63) is 52.8 Å². The van der Waals surface area contributed by atoms with E-state index in [0.29, 0.717) is 6.54 Å². The first-order valence-electron chi connectivity index (χ1n) is 6.46. The van der Waals surface area contributed by atoms with Crippen molar-refractivity contribution in [3.63, 3.8) is 0 Å². The summed E-state index contributed by atoms with van der Waals surface area (Å²) < 4.78 is 1.80. The molecule has 0 aliphatic heterocycles. The lowest BCUT2D eigenvalue weighted by Gasteiger charge is -2.08. The average molecular weight is 258 g/mol. The van der Waals surface area contributed by atoms with Gasteiger partial charge in [-0.1, -0.05) is 31.2 Å². The molecular weight excluding hydrogens is 240 g/mol. The highest BCUT2D eigenvalue weighted by atomic mass is 16.4. The van der Waals surface area contributed by atoms with Crippen LogP contribution in [0.4, 0.5) is 0 Å². The summed E-state index contributed by atoms with van der Waals surface area (Å²) >= 11 is 0. The second-order valence-corrected chi connectivity index (χ2v) is 4.58. The number of aromatic nitrogens is 2. The molecule has 19 heavy (non-hydrogen) atoms. The van der Waals surface area contributed by atoms with Gasteiger partial charge in [0.1, 0.15) is 0 Å². The largest absolute Gasteiger partial charge is 0.476 e. The van der Waals surface area contributed by atoms with E-state index in [9.17, 15) is 4.79 Å². The summed E-state index contributed by atoms with van der Waals surface area (Å²) in [6, 6.07) is 9.88. The summed E-state index contributed by atoms with van der Waals surface area (Å²) in [6.07, 6.45) is 1.65. The molecule has 0 atom stereocenters. The van der Waals surface area contributed by atoms with Gasteiger partial charge in [0.2, 0.25) is 0 Å². The van der Waals surface area contributed by atoms with Crippen molar-refractivity contribution >= 4 is 5.97 Å². The van der Waals surface area contributed by atoms with E-state index in [1.165, 1.54) is 11.1 Å². The molecule has 1 aromatic heterocycles. The van der Waals surface area contributed by atoms with Gasteiger partial charge in [0.25, 0.3) is 0 Å². The van der Waals surface area contributed by atoms with Gasteiger partial charge < -0.3 is 5.11 Å². The van der Waals surface area contributed by atoms with Crippen LogP contribution in [0.25, 0.3) is 0 Å². The Balaban J connectivity index is 2.15. The van der Waals surface area contributed by atoms with Crippen LogP contribution in [0.1, 0.15) is 34.2 Å². The van der Waals surface area contributed by atoms with Gasteiger partial charge in [0.05, 0.1) is 0 Å². The van der Waals surface area contributed by atoms with Crippen molar-refractivity contribution in [2.24, 2.45) is 0 Å². The molecular formula is C15H18N2O2. The molecule has 1 N–H and O–H groups in total. The highest BCUT2D eigenvalue weighted by molar-refractivity contribution is 5.85. The molecule has 4 heteroatoms. The van der Waals surface area contributed by atoms with Crippen molar-refractivity contribution < 1.29 is 9.90 Å². The van der Waals surface area contributed by atoms with Crippen LogP contribution in [0, 0.1) is 6.92 Å². The number of aryl methyl sites for hydroxylation is 4. The molecule has 0 bridgehead atoms. The van der Waals surface area contributed by atoms with Gasteiger partial charge >= 0.3 is 5.97 Å². The van der Waals surface area contributed by atoms with Crippen LogP contribution in [0.3, 0.4) is 0 Å². The Kier molecular flexibility index (Phi) is 4.00. The van der Waals surface area contributed by atoms with Gasteiger partial charge in [-0.3, -0.25) is 4.68 Å². The van der Waals surface area contributed by atoms with E-state index in [0.717, 1.165) is 18.5 Å². The minimum atomic E-state index is -0.968. The quantitative estimate of drug-likeness (QED) is 0.897. The van der Waals surface area contributed by atoms with E-state index in [4.69, 9.17) is 5.11 Å². The van der Waals surface area contributed by atoms with Crippen LogP contribution in [-0.2, 0) is 19.4 Å². The lowest BCUT2D eigenvalue weighted by molar-refractivity contribution is 0.0689. The van der Waals surface area contributed by atoms with Crippen LogP contribution in [0.5, 0.6) is 0 Å². The van der Waals surface area contributed by atoms with Crippen molar-refractivity contribution in [2.45, 2.75) is 33.2 Å². The smallest absolute Gasteiger partial charge is 0.356 e. The van der Waals surface area contributed by atoms with Crippen LogP contribution in [-0.4, -0.2) is 20.9 Å². The Morgan fingerprint density at radius 2 is 2.11 bits per heavy atom. The number of carboxylic acid groups (broad SMARTS) is 1. The number of aromatic carboxylic acids is 1. The van der Waals surface area contributed by atoms with Crippen molar-refractivity contribution in [3.8, 4) is 0 Å². The Morgan fingerprint density at radius 1 is 1.37 bits per heavy atom. The molecule has 4 nitrogen and oxygen atoms in total. The fourth-order valence-electron chi connectivity index (χ4n) is 2.16. The van der Waals surface area contributed by atoms with Gasteiger partial charge in [0.15, 0.2) is 5.69 Å². The SMILES string of the molecule is CCc1cc(C(=O)O)nn1CCc1ccccc1C. The van der Waals surface area contributed by atoms with E-state index >= 15 is 0 Å². The van der Waals surface area contributed by atoms with Crippen LogP contribution < -0.4 is 0 Å². The second kappa shape index (κ2) is 5.69. The number of hydrogen-bond donors (Lipinski definition) is 1. The molecule has 0 aliphatic rings. The van der Waals surface area contributed by atoms with Crippen LogP contribution >= 0.6 is 0 Å². The monoisotopic (exact) mass is 258 g/mol. The maximum atomic E-state index is 10.9. The molecule has 1 heterocycles. The van der Waals surface area contributed by atoms with E-state index in [-0.39, 0.29) is 5.69 Å². The number of rotatable bonds is 5. The highest BCUT2D eigenvalue weighted by Gasteiger charge is 2.12. The minimum absolute atomic E-state index is 0.127. The standard InChI is InChI=1S/C15H18N2O2/c1-3-13-10-14(15(18)19)16-17(13)9-8-12-7-5-4-6-11(12)2/h4-7,10H,3,8-9H2,1-2H3,(H,18,19). The molecule has 1 aromatic carbocycles. The Labute approximate surface area is 112 Å². The topological polar surface area (TPSA) is 55.1 Å². The van der Waals surface area contributed by atoms with E-state index in [2.05, 4.69) is 24.2 Å². The van der Waals surface area contributed by atoms with Crippen LogP contribution in [0.2, 0.25) is 0 Å². The lowest BCUT2D eigenvalue weighted by Crippen LogP contribution is -2.08. The number of nitrogens with zero attached hydrogens (tertiary/aromatic N) is 2. The summed E-state index contributed by atoms with van der Waals surface area (Å²) in [5.41, 5.74) is 3.62. The zero-order valence-electron chi connectivity index (χ0n) is 11.3. The first-order valence-corrected chi connectivity index (χ1v) is 6.46. The van der Waals surface area contributed by atoms with Crippen molar-refractivity contribution in [1.82, 2.24) is 9.78 Å². The van der Waals surface area contributed by atoms with Gasteiger partial charge in [-0.2, -0.15) is 5.10 Å². The summed E-state index contributed by atoms with van der Waals surface area (Å²) in [5.74, 6) is -0.968. The number of carbonyl (C=O) groups is 1. The third-order valence-corrected chi connectivity index (χ3v) is 3.30. The molecule has 0 amide bonds. The molecule has 0 saturated carbocycles. The average Bonchev–Trinajstić information content (AvgIpc) is 2.81. The number of carboxylic acids is 1. The Morgan fingerprint density at radius 3 is 2.74 bits per heavy atom. The normalized spacial score (nSPS) is 10.6. The Hall–Kier alpha value is -2.10. The van der Waals surface area contributed by atoms with E-state index in [1.807, 2.05) is 19.1 Å². The second-order valence-electron chi connectivity index (χ2n) is 4.58. The van der Waals surface area contributed by atoms with E-state index in [1.54, 1.807) is 10.7 Å². The lowest BCUT2D eigenvalue weighted by atomic mass is 10.1. The molecule has 0 aliphatic carbocycles. The molecule has 0 unspecified atom stereocenters. The molecule has 2 aromatic rings. The first-order chi connectivity index (χ1) is 9.11. The third-order valence-electron chi connectivity index (χ3n) is 3.30. The van der Waals surface area contributed by atoms with Gasteiger partial charge in [-0.15, -0.1) is 0 Å². The molecule has 0 radical (unpaired) electrons. The molecule has 0 spiro atoms. The third kappa shape index (κ3) is 3.02. The number of hydrogen-bond acceptors (Lipinski definition) is 2. The van der Waals surface area contributed by atoms with Crippen LogP contribution in [0.15, 0.2) is 30.3 Å². The molecule has 0 saturated heterocycles. The first kappa shape index (κ1) is 13.3. The number of benzene rings is 1. The van der Waals surface area contributed by atoms with E-state index < -0.39 is 5.97 Å². The van der Waals surface area contributed by atoms with Gasteiger partial charge in [-0.25, -0.2) is 4.79 Å². The fraction of sp³-hybridized carbons (Fsp3) is 0.333. The summed E-state index contributed by atoms with van der Waals surface area (Å²) in [4.78, 5) is 10.9. The summed E-state index contributed by atoms with van der Waals surface area (Å²) in [6.45, 7) is 4.80. The highest BCUT2D eigenvalue weighted by Crippen LogP contribution is 2.11.